The largest absolute Gasteiger partial charge is 0.462 e. The van der Waals surface area contributed by atoms with E-state index in [-0.39, 0.29) is 5.97 Å². The van der Waals surface area contributed by atoms with Crippen molar-refractivity contribution in [3.63, 3.8) is 0 Å². The van der Waals surface area contributed by atoms with E-state index in [9.17, 15) is 10.1 Å². The third kappa shape index (κ3) is 4.82. The fraction of sp³-hybridized carbons (Fsp3) is 0.150. The Hall–Kier alpha value is -2.95. The summed E-state index contributed by atoms with van der Waals surface area (Å²) in [7, 11) is 0. The van der Waals surface area contributed by atoms with Gasteiger partial charge in [-0.05, 0) is 42.1 Å². The molecular weight excluding hydrogens is 378 g/mol. The molecule has 0 aliphatic heterocycles. The number of benzene rings is 1. The summed E-state index contributed by atoms with van der Waals surface area (Å²) in [4.78, 5) is 17.4. The summed E-state index contributed by atoms with van der Waals surface area (Å²) < 4.78 is 5.10. The predicted molar refractivity (Wildman–Crippen MR) is 110 cm³/mol. The Morgan fingerprint density at radius 1 is 1.30 bits per heavy atom. The second kappa shape index (κ2) is 9.12. The number of carbonyl (C=O) groups excluding carboxylic acids is 1. The zero-order chi connectivity index (χ0) is 19.1. The van der Waals surface area contributed by atoms with Crippen molar-refractivity contribution in [2.75, 3.05) is 11.9 Å². The number of nitriles is 1. The van der Waals surface area contributed by atoms with Gasteiger partial charge in [0, 0.05) is 17.3 Å². The maximum absolute atomic E-state index is 11.8. The average Bonchev–Trinajstić information content (AvgIpc) is 3.39. The highest BCUT2D eigenvalue weighted by atomic mass is 32.1. The number of allylic oxidation sites excluding steroid dienone is 1. The maximum Gasteiger partial charge on any atom is 0.338 e. The van der Waals surface area contributed by atoms with Crippen LogP contribution in [0.4, 0.5) is 5.69 Å². The number of thiazole rings is 1. The Balaban J connectivity index is 1.68. The van der Waals surface area contributed by atoms with Crippen molar-refractivity contribution in [1.29, 1.82) is 5.26 Å². The Morgan fingerprint density at radius 2 is 2.11 bits per heavy atom. The van der Waals surface area contributed by atoms with E-state index in [1.807, 2.05) is 29.8 Å². The van der Waals surface area contributed by atoms with E-state index in [2.05, 4.69) is 16.4 Å². The molecule has 0 fully saturated rings. The van der Waals surface area contributed by atoms with Crippen molar-refractivity contribution in [3.05, 3.63) is 63.9 Å². The molecule has 7 heteroatoms. The first-order valence-electron chi connectivity index (χ1n) is 8.35. The normalized spacial score (nSPS) is 11.0. The molecule has 136 valence electrons. The Morgan fingerprint density at radius 3 is 2.78 bits per heavy atom. The number of thiophene rings is 1. The number of ether oxygens (including phenoxy) is 1. The minimum atomic E-state index is -0.333. The molecule has 0 aliphatic carbocycles. The van der Waals surface area contributed by atoms with Crippen LogP contribution in [0, 0.1) is 11.3 Å². The third-order valence-electron chi connectivity index (χ3n) is 3.57. The molecule has 0 spiro atoms. The van der Waals surface area contributed by atoms with E-state index in [1.165, 1.54) is 11.3 Å². The highest BCUT2D eigenvalue weighted by molar-refractivity contribution is 7.14. The standard InChI is InChI=1S/C20H17N3O2S2/c1-2-9-25-20(24)14-5-7-16(8-6-14)22-12-15(11-21)19-23-17(13-27-19)18-4-3-10-26-18/h3-8,10,12-13,22H,2,9H2,1H3. The highest BCUT2D eigenvalue weighted by Gasteiger charge is 2.10. The van der Waals surface area contributed by atoms with Crippen molar-refractivity contribution in [2.24, 2.45) is 0 Å². The molecule has 5 nitrogen and oxygen atoms in total. The summed E-state index contributed by atoms with van der Waals surface area (Å²) in [5, 5.41) is 17.1. The van der Waals surface area contributed by atoms with Crippen molar-refractivity contribution in [1.82, 2.24) is 4.98 Å². The van der Waals surface area contributed by atoms with E-state index < -0.39 is 0 Å². The van der Waals surface area contributed by atoms with Gasteiger partial charge >= 0.3 is 5.97 Å². The zero-order valence-corrected chi connectivity index (χ0v) is 16.3. The monoisotopic (exact) mass is 395 g/mol. The van der Waals surface area contributed by atoms with Gasteiger partial charge in [0.2, 0.25) is 0 Å². The van der Waals surface area contributed by atoms with Gasteiger partial charge < -0.3 is 10.1 Å². The van der Waals surface area contributed by atoms with Gasteiger partial charge in [0.25, 0.3) is 0 Å². The molecule has 0 saturated carbocycles. The van der Waals surface area contributed by atoms with Gasteiger partial charge in [0.05, 0.1) is 22.7 Å². The van der Waals surface area contributed by atoms with Crippen LogP contribution in [0.25, 0.3) is 16.1 Å². The Kier molecular flexibility index (Phi) is 6.36. The fourth-order valence-electron chi connectivity index (χ4n) is 2.21. The van der Waals surface area contributed by atoms with Gasteiger partial charge in [0.1, 0.15) is 16.6 Å². The molecule has 0 radical (unpaired) electrons. The zero-order valence-electron chi connectivity index (χ0n) is 14.6. The molecule has 0 aliphatic rings. The summed E-state index contributed by atoms with van der Waals surface area (Å²) in [6.07, 6.45) is 2.42. The molecular formula is C20H17N3O2S2. The lowest BCUT2D eigenvalue weighted by molar-refractivity contribution is 0.0505. The SMILES string of the molecule is CCCOC(=O)c1ccc(NC=C(C#N)c2nc(-c3cccs3)cs2)cc1. The lowest BCUT2D eigenvalue weighted by Gasteiger charge is -2.05. The first-order valence-corrected chi connectivity index (χ1v) is 10.1. The predicted octanol–water partition coefficient (Wildman–Crippen LogP) is 5.41. The molecule has 1 aromatic carbocycles. The number of hydrogen-bond acceptors (Lipinski definition) is 7. The molecule has 0 saturated heterocycles. The number of rotatable bonds is 7. The van der Waals surface area contributed by atoms with Crippen molar-refractivity contribution >= 4 is 39.9 Å². The van der Waals surface area contributed by atoms with Crippen LogP contribution in [0.3, 0.4) is 0 Å². The van der Waals surface area contributed by atoms with Crippen LogP contribution in [0.15, 0.2) is 53.4 Å². The smallest absolute Gasteiger partial charge is 0.338 e. The first kappa shape index (κ1) is 18.8. The summed E-state index contributed by atoms with van der Waals surface area (Å²) >= 11 is 3.05. The molecule has 0 unspecified atom stereocenters. The minimum absolute atomic E-state index is 0.333. The molecule has 3 aromatic rings. The average molecular weight is 396 g/mol. The van der Waals surface area contributed by atoms with Gasteiger partial charge in [-0.3, -0.25) is 0 Å². The number of nitrogens with zero attached hydrogens (tertiary/aromatic N) is 2. The van der Waals surface area contributed by atoms with Gasteiger partial charge in [-0.25, -0.2) is 9.78 Å². The Labute approximate surface area is 165 Å². The molecule has 0 bridgehead atoms. The minimum Gasteiger partial charge on any atom is -0.462 e. The van der Waals surface area contributed by atoms with E-state index in [0.29, 0.717) is 22.8 Å². The molecule has 1 N–H and O–H groups in total. The molecule has 27 heavy (non-hydrogen) atoms. The van der Waals surface area contributed by atoms with E-state index in [0.717, 1.165) is 22.7 Å². The lowest BCUT2D eigenvalue weighted by atomic mass is 10.2. The summed E-state index contributed by atoms with van der Waals surface area (Å²) in [5.74, 6) is -0.333. The number of esters is 1. The number of anilines is 1. The van der Waals surface area contributed by atoms with E-state index in [1.54, 1.807) is 41.8 Å². The lowest BCUT2D eigenvalue weighted by Crippen LogP contribution is -2.05. The van der Waals surface area contributed by atoms with Gasteiger partial charge in [-0.15, -0.1) is 22.7 Å². The second-order valence-corrected chi connectivity index (χ2v) is 7.35. The summed E-state index contributed by atoms with van der Waals surface area (Å²) in [5.41, 5.74) is 2.60. The molecule has 3 rings (SSSR count). The van der Waals surface area contributed by atoms with Gasteiger partial charge in [-0.1, -0.05) is 13.0 Å². The van der Waals surface area contributed by atoms with E-state index >= 15 is 0 Å². The van der Waals surface area contributed by atoms with Crippen LogP contribution in [0.5, 0.6) is 0 Å². The van der Waals surface area contributed by atoms with Crippen LogP contribution in [0.1, 0.15) is 28.7 Å². The topological polar surface area (TPSA) is 75.0 Å². The molecule has 0 amide bonds. The third-order valence-corrected chi connectivity index (χ3v) is 5.34. The molecule has 2 heterocycles. The number of aromatic nitrogens is 1. The van der Waals surface area contributed by atoms with Gasteiger partial charge in [-0.2, -0.15) is 5.26 Å². The van der Waals surface area contributed by atoms with E-state index in [4.69, 9.17) is 4.74 Å². The van der Waals surface area contributed by atoms with Crippen LogP contribution in [0.2, 0.25) is 0 Å². The van der Waals surface area contributed by atoms with Gasteiger partial charge in [0.15, 0.2) is 0 Å². The number of nitrogens with one attached hydrogen (secondary N) is 1. The molecule has 2 aromatic heterocycles. The second-order valence-electron chi connectivity index (χ2n) is 5.54. The highest BCUT2D eigenvalue weighted by Crippen LogP contribution is 2.28. The van der Waals surface area contributed by atoms with Crippen LogP contribution >= 0.6 is 22.7 Å². The van der Waals surface area contributed by atoms with Crippen molar-refractivity contribution in [2.45, 2.75) is 13.3 Å². The summed E-state index contributed by atoms with van der Waals surface area (Å²) in [6, 6.07) is 13.1. The van der Waals surface area contributed by atoms with Crippen LogP contribution < -0.4 is 5.32 Å². The first-order chi connectivity index (χ1) is 13.2. The summed E-state index contributed by atoms with van der Waals surface area (Å²) in [6.45, 7) is 2.36. The Bertz CT molecular complexity index is 968. The number of carbonyl (C=O) groups is 1. The number of hydrogen-bond donors (Lipinski definition) is 1. The van der Waals surface area contributed by atoms with Crippen molar-refractivity contribution < 1.29 is 9.53 Å². The molecule has 0 atom stereocenters. The fourth-order valence-corrected chi connectivity index (χ4v) is 3.76. The maximum atomic E-state index is 11.8. The quantitative estimate of drug-likeness (QED) is 0.427. The van der Waals surface area contributed by atoms with Crippen molar-refractivity contribution in [3.8, 4) is 16.6 Å². The van der Waals surface area contributed by atoms with Crippen LogP contribution in [-0.4, -0.2) is 17.6 Å². The van der Waals surface area contributed by atoms with Crippen LogP contribution in [-0.2, 0) is 4.74 Å².